The molecule has 1 aliphatic rings. The molecule has 1 aromatic heterocycles. The molecule has 0 aliphatic heterocycles. The molecular formula is C10H19N5S. The number of tetrazole rings is 1. The molecule has 90 valence electrons. The molecule has 0 spiro atoms. The summed E-state index contributed by atoms with van der Waals surface area (Å²) in [5.41, 5.74) is 0. The van der Waals surface area contributed by atoms with Crippen LogP contribution in [0, 0.1) is 0 Å². The maximum Gasteiger partial charge on any atom is 0.209 e. The minimum atomic E-state index is 0.579. The van der Waals surface area contributed by atoms with Crippen molar-refractivity contribution in [2.75, 3.05) is 18.8 Å². The normalized spacial score (nSPS) is 15.6. The average Bonchev–Trinajstić information content (AvgIpc) is 3.04. The Hall–Kier alpha value is -0.620. The molecule has 1 N–H and O–H groups in total. The third kappa shape index (κ3) is 3.45. The zero-order chi connectivity index (χ0) is 11.2. The van der Waals surface area contributed by atoms with Crippen LogP contribution in [0.25, 0.3) is 0 Å². The molecule has 6 heteroatoms. The molecule has 5 nitrogen and oxygen atoms in total. The molecule has 16 heavy (non-hydrogen) atoms. The molecule has 0 aromatic carbocycles. The first-order valence-corrected chi connectivity index (χ1v) is 7.01. The van der Waals surface area contributed by atoms with Crippen molar-refractivity contribution in [1.82, 2.24) is 25.5 Å². The second kappa shape index (κ2) is 6.20. The molecule has 0 bridgehead atoms. The number of aromatic nitrogens is 4. The summed E-state index contributed by atoms with van der Waals surface area (Å²) in [6, 6.07) is 0.579. The van der Waals surface area contributed by atoms with Gasteiger partial charge in [0.25, 0.3) is 0 Å². The number of hydrogen-bond acceptors (Lipinski definition) is 5. The predicted molar refractivity (Wildman–Crippen MR) is 64.6 cm³/mol. The summed E-state index contributed by atoms with van der Waals surface area (Å²) in [6.07, 6.45) is 4.84. The van der Waals surface area contributed by atoms with E-state index in [4.69, 9.17) is 0 Å². The third-order valence-corrected chi connectivity index (χ3v) is 3.53. The van der Waals surface area contributed by atoms with E-state index in [9.17, 15) is 0 Å². The number of nitrogens with one attached hydrogen (secondary N) is 1. The Labute approximate surface area is 100 Å². The van der Waals surface area contributed by atoms with E-state index >= 15 is 0 Å². The molecule has 0 saturated heterocycles. The fourth-order valence-corrected chi connectivity index (χ4v) is 2.37. The van der Waals surface area contributed by atoms with Crippen molar-refractivity contribution >= 4 is 11.8 Å². The van der Waals surface area contributed by atoms with Crippen LogP contribution in [0.1, 0.15) is 38.6 Å². The second-order valence-corrected chi connectivity index (χ2v) is 5.15. The summed E-state index contributed by atoms with van der Waals surface area (Å²) in [4.78, 5) is 0. The zero-order valence-corrected chi connectivity index (χ0v) is 10.5. The van der Waals surface area contributed by atoms with E-state index in [1.54, 1.807) is 11.8 Å². The van der Waals surface area contributed by atoms with E-state index in [2.05, 4.69) is 27.8 Å². The van der Waals surface area contributed by atoms with E-state index in [0.717, 1.165) is 24.0 Å². The Bertz CT molecular complexity index is 310. The highest BCUT2D eigenvalue weighted by Gasteiger charge is 2.27. The molecule has 0 unspecified atom stereocenters. The van der Waals surface area contributed by atoms with Crippen molar-refractivity contribution < 1.29 is 0 Å². The van der Waals surface area contributed by atoms with E-state index in [-0.39, 0.29) is 0 Å². The van der Waals surface area contributed by atoms with Crippen LogP contribution in [0.4, 0.5) is 0 Å². The van der Waals surface area contributed by atoms with Crippen LogP contribution in [-0.2, 0) is 0 Å². The van der Waals surface area contributed by atoms with Gasteiger partial charge in [0.15, 0.2) is 0 Å². The molecular weight excluding hydrogens is 222 g/mol. The summed E-state index contributed by atoms with van der Waals surface area (Å²) in [5.74, 6) is 1.09. The summed E-state index contributed by atoms with van der Waals surface area (Å²) < 4.78 is 1.98. The van der Waals surface area contributed by atoms with Gasteiger partial charge in [-0.1, -0.05) is 18.7 Å². The van der Waals surface area contributed by atoms with E-state index in [0.29, 0.717) is 6.04 Å². The fraction of sp³-hybridized carbons (Fsp3) is 0.900. The van der Waals surface area contributed by atoms with Gasteiger partial charge in [0.2, 0.25) is 5.16 Å². The minimum absolute atomic E-state index is 0.579. The Morgan fingerprint density at radius 2 is 2.31 bits per heavy atom. The first-order valence-electron chi connectivity index (χ1n) is 6.03. The number of thioether (sulfide) groups is 1. The van der Waals surface area contributed by atoms with Gasteiger partial charge >= 0.3 is 0 Å². The topological polar surface area (TPSA) is 55.6 Å². The summed E-state index contributed by atoms with van der Waals surface area (Å²) in [5, 5.41) is 16.2. The Morgan fingerprint density at radius 1 is 1.44 bits per heavy atom. The maximum absolute atomic E-state index is 4.06. The van der Waals surface area contributed by atoms with Gasteiger partial charge in [-0.15, -0.1) is 5.10 Å². The number of rotatable bonds is 8. The summed E-state index contributed by atoms with van der Waals surface area (Å²) in [6.45, 7) is 4.39. The molecule has 0 atom stereocenters. The van der Waals surface area contributed by atoms with Gasteiger partial charge in [-0.25, -0.2) is 4.68 Å². The fourth-order valence-electron chi connectivity index (χ4n) is 1.49. The van der Waals surface area contributed by atoms with Gasteiger partial charge in [0.05, 0.1) is 6.04 Å². The molecule has 1 fully saturated rings. The van der Waals surface area contributed by atoms with Crippen LogP contribution in [0.15, 0.2) is 5.16 Å². The zero-order valence-electron chi connectivity index (χ0n) is 9.72. The first kappa shape index (κ1) is 11.9. The highest BCUT2D eigenvalue weighted by atomic mass is 32.2. The van der Waals surface area contributed by atoms with Gasteiger partial charge < -0.3 is 5.32 Å². The van der Waals surface area contributed by atoms with Crippen molar-refractivity contribution in [3.63, 3.8) is 0 Å². The molecule has 1 heterocycles. The van der Waals surface area contributed by atoms with E-state index in [1.807, 2.05) is 4.68 Å². The Morgan fingerprint density at radius 3 is 3.06 bits per heavy atom. The van der Waals surface area contributed by atoms with Crippen LogP contribution in [-0.4, -0.2) is 39.0 Å². The number of nitrogens with zero attached hydrogens (tertiary/aromatic N) is 4. The van der Waals surface area contributed by atoms with Crippen LogP contribution >= 0.6 is 11.8 Å². The van der Waals surface area contributed by atoms with Crippen molar-refractivity contribution in [1.29, 1.82) is 0 Å². The van der Waals surface area contributed by atoms with Crippen LogP contribution < -0.4 is 5.32 Å². The minimum Gasteiger partial charge on any atom is -0.317 e. The standard InChI is InChI=1S/C10H19N5S/c1-2-6-11-7-3-8-16-10-12-13-14-15(10)9-4-5-9/h9,11H,2-8H2,1H3. The van der Waals surface area contributed by atoms with Crippen molar-refractivity contribution in [2.45, 2.75) is 43.8 Å². The molecule has 1 aromatic rings. The van der Waals surface area contributed by atoms with E-state index < -0.39 is 0 Å². The van der Waals surface area contributed by atoms with E-state index in [1.165, 1.54) is 25.7 Å². The summed E-state index contributed by atoms with van der Waals surface area (Å²) >= 11 is 1.77. The monoisotopic (exact) mass is 241 g/mol. The van der Waals surface area contributed by atoms with Gasteiger partial charge in [-0.05, 0) is 49.2 Å². The molecule has 1 aliphatic carbocycles. The Balaban J connectivity index is 1.63. The second-order valence-electron chi connectivity index (χ2n) is 4.09. The predicted octanol–water partition coefficient (Wildman–Crippen LogP) is 1.49. The summed E-state index contributed by atoms with van der Waals surface area (Å²) in [7, 11) is 0. The van der Waals surface area contributed by atoms with Gasteiger partial charge in [0.1, 0.15) is 0 Å². The van der Waals surface area contributed by atoms with Crippen LogP contribution in [0.5, 0.6) is 0 Å². The maximum atomic E-state index is 4.06. The highest BCUT2D eigenvalue weighted by molar-refractivity contribution is 7.99. The van der Waals surface area contributed by atoms with Crippen LogP contribution in [0.2, 0.25) is 0 Å². The molecule has 1 saturated carbocycles. The van der Waals surface area contributed by atoms with Crippen LogP contribution in [0.3, 0.4) is 0 Å². The molecule has 2 rings (SSSR count). The molecule has 0 amide bonds. The quantitative estimate of drug-likeness (QED) is 0.552. The van der Waals surface area contributed by atoms with Crippen molar-refractivity contribution in [2.24, 2.45) is 0 Å². The Kier molecular flexibility index (Phi) is 4.59. The lowest BCUT2D eigenvalue weighted by Gasteiger charge is -2.03. The number of hydrogen-bond donors (Lipinski definition) is 1. The van der Waals surface area contributed by atoms with Gasteiger partial charge in [0, 0.05) is 5.75 Å². The smallest absolute Gasteiger partial charge is 0.209 e. The van der Waals surface area contributed by atoms with Gasteiger partial charge in [-0.3, -0.25) is 0 Å². The lowest BCUT2D eigenvalue weighted by molar-refractivity contribution is 0.565. The average molecular weight is 241 g/mol. The van der Waals surface area contributed by atoms with Crippen molar-refractivity contribution in [3.8, 4) is 0 Å². The largest absolute Gasteiger partial charge is 0.317 e. The highest BCUT2D eigenvalue weighted by Crippen LogP contribution is 2.36. The third-order valence-electron chi connectivity index (χ3n) is 2.51. The lowest BCUT2D eigenvalue weighted by Crippen LogP contribution is -2.16. The first-order chi connectivity index (χ1) is 7.92. The van der Waals surface area contributed by atoms with Crippen molar-refractivity contribution in [3.05, 3.63) is 0 Å². The van der Waals surface area contributed by atoms with Gasteiger partial charge in [-0.2, -0.15) is 0 Å². The molecule has 0 radical (unpaired) electrons. The lowest BCUT2D eigenvalue weighted by atomic mass is 10.4. The SMILES string of the molecule is CCCNCCCSc1nnnn1C1CC1.